The SMILES string of the molecule is C#Cc1cccc2cc(O)cc(-c3ncc4c(N5CC6CCC(C5)N6)nc(OCC5(CN6CC[C@H](F)C6)CC5)nc4c3F)c12. The highest BCUT2D eigenvalue weighted by Gasteiger charge is 2.46. The van der Waals surface area contributed by atoms with E-state index in [1.165, 1.54) is 6.07 Å². The molecule has 3 atom stereocenters. The van der Waals surface area contributed by atoms with Crippen molar-refractivity contribution in [3.05, 3.63) is 47.9 Å². The molecule has 0 amide bonds. The topological polar surface area (TPSA) is 86.6 Å². The van der Waals surface area contributed by atoms with Crippen LogP contribution in [0.1, 0.15) is 37.7 Å². The normalized spacial score (nSPS) is 24.2. The lowest BCUT2D eigenvalue weighted by atomic mass is 9.96. The van der Waals surface area contributed by atoms with Crippen molar-refractivity contribution in [3.63, 3.8) is 0 Å². The number of alkyl halides is 1. The minimum Gasteiger partial charge on any atom is -0.508 e. The molecule has 1 saturated carbocycles. The first-order valence-corrected chi connectivity index (χ1v) is 15.5. The molecule has 2 aromatic heterocycles. The smallest absolute Gasteiger partial charge is 0.319 e. The Balaban J connectivity index is 1.21. The number of aromatic nitrogens is 3. The average Bonchev–Trinajstić information content (AvgIpc) is 3.54. The van der Waals surface area contributed by atoms with E-state index in [0.29, 0.717) is 64.8 Å². The van der Waals surface area contributed by atoms with E-state index < -0.39 is 12.0 Å². The van der Waals surface area contributed by atoms with Crippen LogP contribution in [-0.2, 0) is 0 Å². The van der Waals surface area contributed by atoms with E-state index in [0.717, 1.165) is 51.9 Å². The van der Waals surface area contributed by atoms with Gasteiger partial charge in [0, 0.05) is 72.9 Å². The van der Waals surface area contributed by atoms with Crippen LogP contribution in [0.15, 0.2) is 36.5 Å². The number of piperazine rings is 1. The van der Waals surface area contributed by atoms with Gasteiger partial charge in [0.15, 0.2) is 5.82 Å². The van der Waals surface area contributed by atoms with Crippen molar-refractivity contribution in [2.75, 3.05) is 44.2 Å². The monoisotopic (exact) mass is 596 g/mol. The van der Waals surface area contributed by atoms with E-state index in [1.807, 2.05) is 6.07 Å². The summed E-state index contributed by atoms with van der Waals surface area (Å²) in [5.41, 5.74) is 1.06. The second kappa shape index (κ2) is 10.5. The van der Waals surface area contributed by atoms with Gasteiger partial charge in [-0.2, -0.15) is 9.97 Å². The van der Waals surface area contributed by atoms with Gasteiger partial charge in [-0.15, -0.1) is 6.42 Å². The molecule has 10 heteroatoms. The number of likely N-dealkylation sites (tertiary alicyclic amines) is 1. The average molecular weight is 597 g/mol. The van der Waals surface area contributed by atoms with Crippen molar-refractivity contribution in [1.82, 2.24) is 25.2 Å². The van der Waals surface area contributed by atoms with Gasteiger partial charge in [-0.3, -0.25) is 9.88 Å². The summed E-state index contributed by atoms with van der Waals surface area (Å²) in [6.45, 7) is 3.89. The third-order valence-electron chi connectivity index (χ3n) is 9.77. The highest BCUT2D eigenvalue weighted by molar-refractivity contribution is 6.02. The number of halogens is 2. The number of aromatic hydroxyl groups is 1. The zero-order valence-electron chi connectivity index (χ0n) is 24.4. The molecule has 4 fully saturated rings. The molecule has 2 unspecified atom stereocenters. The van der Waals surface area contributed by atoms with Gasteiger partial charge in [-0.05, 0) is 55.7 Å². The van der Waals surface area contributed by atoms with Crippen LogP contribution >= 0.6 is 0 Å². The lowest BCUT2D eigenvalue weighted by Crippen LogP contribution is -2.51. The summed E-state index contributed by atoms with van der Waals surface area (Å²) in [5, 5.41) is 16.0. The van der Waals surface area contributed by atoms with Crippen molar-refractivity contribution in [1.29, 1.82) is 0 Å². The predicted octanol–water partition coefficient (Wildman–Crippen LogP) is 4.81. The Hall–Kier alpha value is -4.07. The quantitative estimate of drug-likeness (QED) is 0.294. The van der Waals surface area contributed by atoms with E-state index in [-0.39, 0.29) is 28.4 Å². The van der Waals surface area contributed by atoms with Crippen LogP contribution < -0.4 is 15.0 Å². The van der Waals surface area contributed by atoms with Gasteiger partial charge < -0.3 is 20.1 Å². The van der Waals surface area contributed by atoms with E-state index in [2.05, 4.69) is 31.0 Å². The molecule has 3 aliphatic heterocycles. The molecule has 3 saturated heterocycles. The second-order valence-corrected chi connectivity index (χ2v) is 13.0. The number of hydrogen-bond acceptors (Lipinski definition) is 8. The summed E-state index contributed by atoms with van der Waals surface area (Å²) < 4.78 is 36.8. The number of hydrogen-bond donors (Lipinski definition) is 2. The number of terminal acetylenes is 1. The van der Waals surface area contributed by atoms with E-state index in [9.17, 15) is 9.50 Å². The number of benzene rings is 2. The van der Waals surface area contributed by atoms with Crippen LogP contribution in [0.3, 0.4) is 0 Å². The predicted molar refractivity (Wildman–Crippen MR) is 165 cm³/mol. The summed E-state index contributed by atoms with van der Waals surface area (Å²) in [6, 6.07) is 9.32. The number of nitrogens with one attached hydrogen (secondary N) is 1. The first kappa shape index (κ1) is 27.5. The minimum atomic E-state index is -0.765. The zero-order valence-corrected chi connectivity index (χ0v) is 24.4. The van der Waals surface area contributed by atoms with Gasteiger partial charge in [0.05, 0.1) is 12.0 Å². The molecule has 1 aliphatic carbocycles. The molecule has 226 valence electrons. The van der Waals surface area contributed by atoms with Crippen molar-refractivity contribution >= 4 is 27.5 Å². The lowest BCUT2D eigenvalue weighted by Gasteiger charge is -2.34. The fourth-order valence-electron chi connectivity index (χ4n) is 7.35. The van der Waals surface area contributed by atoms with Crippen molar-refractivity contribution < 1.29 is 18.6 Å². The molecule has 2 bridgehead atoms. The fourth-order valence-corrected chi connectivity index (χ4v) is 7.35. The largest absolute Gasteiger partial charge is 0.508 e. The van der Waals surface area contributed by atoms with Crippen molar-refractivity contribution in [2.24, 2.45) is 5.41 Å². The first-order valence-electron chi connectivity index (χ1n) is 15.5. The summed E-state index contributed by atoms with van der Waals surface area (Å²) in [7, 11) is 0. The summed E-state index contributed by atoms with van der Waals surface area (Å²) in [4.78, 5) is 18.4. The molecule has 2 N–H and O–H groups in total. The Labute approximate surface area is 254 Å². The van der Waals surface area contributed by atoms with E-state index in [4.69, 9.17) is 16.1 Å². The standard InChI is InChI=1S/C34H34F2N6O2/c1-2-20-4-3-5-21-12-25(43)13-26(28(20)21)30-29(36)31-27(14-37-30)32(42-16-23-6-7-24(17-42)38-23)40-33(39-31)44-19-34(9-10-34)18-41-11-8-22(35)15-41/h1,3-5,12-14,22-24,38,43H,6-11,15-19H2/t22-,23?,24?/m0/s1. The Bertz CT molecular complexity index is 1810. The van der Waals surface area contributed by atoms with Gasteiger partial charge in [0.1, 0.15) is 28.9 Å². The highest BCUT2D eigenvalue weighted by Crippen LogP contribution is 2.47. The first-order chi connectivity index (χ1) is 21.4. The van der Waals surface area contributed by atoms with E-state index >= 15 is 4.39 Å². The van der Waals surface area contributed by atoms with Gasteiger partial charge in [0.2, 0.25) is 0 Å². The molecule has 4 aromatic rings. The zero-order chi connectivity index (χ0) is 30.0. The molecule has 0 radical (unpaired) electrons. The summed E-state index contributed by atoms with van der Waals surface area (Å²) >= 11 is 0. The van der Waals surface area contributed by atoms with Gasteiger partial charge >= 0.3 is 6.01 Å². The maximum atomic E-state index is 16.7. The van der Waals surface area contributed by atoms with Crippen LogP contribution in [0.5, 0.6) is 11.8 Å². The third kappa shape index (κ3) is 4.88. The number of pyridine rings is 1. The third-order valence-corrected chi connectivity index (χ3v) is 9.77. The Morgan fingerprint density at radius 3 is 2.66 bits per heavy atom. The van der Waals surface area contributed by atoms with Gasteiger partial charge in [-0.1, -0.05) is 18.1 Å². The number of rotatable bonds is 7. The van der Waals surface area contributed by atoms with Crippen molar-refractivity contribution in [2.45, 2.75) is 50.4 Å². The molecular formula is C34H34F2N6O2. The molecule has 4 aliphatic rings. The minimum absolute atomic E-state index is 0.0153. The number of anilines is 1. The molecule has 44 heavy (non-hydrogen) atoms. The highest BCUT2D eigenvalue weighted by atomic mass is 19.1. The van der Waals surface area contributed by atoms with Gasteiger partial charge in [-0.25, -0.2) is 8.78 Å². The van der Waals surface area contributed by atoms with Crippen LogP contribution in [0.25, 0.3) is 32.9 Å². The molecular weight excluding hydrogens is 562 g/mol. The Kier molecular flexibility index (Phi) is 6.58. The lowest BCUT2D eigenvalue weighted by molar-refractivity contribution is 0.165. The number of phenols is 1. The van der Waals surface area contributed by atoms with Crippen LogP contribution in [0, 0.1) is 23.6 Å². The molecule has 8 rings (SSSR count). The number of fused-ring (bicyclic) bond motifs is 4. The van der Waals surface area contributed by atoms with E-state index in [1.54, 1.807) is 24.4 Å². The van der Waals surface area contributed by atoms with Gasteiger partial charge in [0.25, 0.3) is 0 Å². The molecule has 8 nitrogen and oxygen atoms in total. The summed E-state index contributed by atoms with van der Waals surface area (Å²) in [5.74, 6) is 2.65. The molecule has 2 aromatic carbocycles. The van der Waals surface area contributed by atoms with Crippen LogP contribution in [0.2, 0.25) is 0 Å². The Morgan fingerprint density at radius 1 is 1.11 bits per heavy atom. The van der Waals surface area contributed by atoms with Crippen LogP contribution in [0.4, 0.5) is 14.6 Å². The Morgan fingerprint density at radius 2 is 1.93 bits per heavy atom. The van der Waals surface area contributed by atoms with Crippen LogP contribution in [-0.4, -0.2) is 82.5 Å². The number of nitrogens with zero attached hydrogens (tertiary/aromatic N) is 5. The number of ether oxygens (including phenoxy) is 1. The van der Waals surface area contributed by atoms with Crippen molar-refractivity contribution in [3.8, 4) is 35.4 Å². The fraction of sp³-hybridized carbons (Fsp3) is 0.441. The second-order valence-electron chi connectivity index (χ2n) is 13.0. The maximum absolute atomic E-state index is 16.7. The molecule has 0 spiro atoms. The summed E-state index contributed by atoms with van der Waals surface area (Å²) in [6.07, 6.45) is 11.4. The number of phenolic OH excluding ortho intramolecular Hbond substituents is 1. The maximum Gasteiger partial charge on any atom is 0.319 e. The molecule has 5 heterocycles.